The van der Waals surface area contributed by atoms with Gasteiger partial charge in [0.15, 0.2) is 6.10 Å². The second-order valence-corrected chi connectivity index (χ2v) is 18.5. The van der Waals surface area contributed by atoms with Gasteiger partial charge in [0.25, 0.3) is 0 Å². The van der Waals surface area contributed by atoms with Crippen molar-refractivity contribution in [2.75, 3.05) is 13.2 Å². The summed E-state index contributed by atoms with van der Waals surface area (Å²) in [6.07, 6.45) is 58.8. The molecule has 1 atom stereocenters. The fourth-order valence-corrected chi connectivity index (χ4v) is 8.01. The van der Waals surface area contributed by atoms with Crippen molar-refractivity contribution >= 4 is 17.9 Å². The summed E-state index contributed by atoms with van der Waals surface area (Å²) < 4.78 is 16.8. The molecule has 0 aliphatic carbocycles. The van der Waals surface area contributed by atoms with Gasteiger partial charge in [-0.2, -0.15) is 0 Å². The lowest BCUT2D eigenvalue weighted by Gasteiger charge is -2.18. The third kappa shape index (κ3) is 48.9. The van der Waals surface area contributed by atoms with Crippen molar-refractivity contribution in [1.29, 1.82) is 0 Å². The summed E-state index contributed by atoms with van der Waals surface area (Å²) in [6, 6.07) is 0. The number of allylic oxidation sites excluding steroid dienone is 4. The van der Waals surface area contributed by atoms with Crippen LogP contribution in [0.2, 0.25) is 0 Å². The van der Waals surface area contributed by atoms with Crippen LogP contribution in [0.3, 0.4) is 0 Å². The maximum atomic E-state index is 12.8. The molecule has 0 aromatic heterocycles. The number of carbonyl (C=O) groups excluding carboxylic acids is 3. The molecule has 0 N–H and O–H groups in total. The summed E-state index contributed by atoms with van der Waals surface area (Å²) in [5, 5.41) is 0. The van der Waals surface area contributed by atoms with Crippen molar-refractivity contribution in [3.8, 4) is 0 Å². The van der Waals surface area contributed by atoms with Crippen molar-refractivity contribution in [2.45, 2.75) is 303 Å². The van der Waals surface area contributed by atoms with Gasteiger partial charge >= 0.3 is 17.9 Å². The Hall–Kier alpha value is -2.11. The van der Waals surface area contributed by atoms with E-state index < -0.39 is 6.10 Å². The average Bonchev–Trinajstić information content (AvgIpc) is 3.27. The van der Waals surface area contributed by atoms with E-state index in [0.717, 1.165) is 64.2 Å². The number of carbonyl (C=O) groups is 3. The Morgan fingerprint density at radius 3 is 0.871 bits per heavy atom. The Balaban J connectivity index is 4.30. The van der Waals surface area contributed by atoms with Crippen LogP contribution in [0.5, 0.6) is 0 Å². The van der Waals surface area contributed by atoms with Crippen LogP contribution in [0.15, 0.2) is 24.3 Å². The maximum Gasteiger partial charge on any atom is 0.306 e. The zero-order valence-electron chi connectivity index (χ0n) is 41.7. The van der Waals surface area contributed by atoms with Gasteiger partial charge < -0.3 is 14.2 Å². The van der Waals surface area contributed by atoms with Gasteiger partial charge in [-0.15, -0.1) is 0 Å². The Bertz CT molecular complexity index is 1000. The molecule has 364 valence electrons. The fourth-order valence-electron chi connectivity index (χ4n) is 8.01. The van der Waals surface area contributed by atoms with Crippen LogP contribution in [0.4, 0.5) is 0 Å². The van der Waals surface area contributed by atoms with Crippen molar-refractivity contribution in [2.24, 2.45) is 0 Å². The van der Waals surface area contributed by atoms with Gasteiger partial charge in [-0.05, 0) is 64.2 Å². The van der Waals surface area contributed by atoms with E-state index in [4.69, 9.17) is 14.2 Å². The SMILES string of the molecule is CCCC/C=C\CCCCCCCC(=O)OCC(COC(=O)CCCCCCCCCCCCCCCCCCCC)OC(=O)CCCCCCCCC/C=C\CCCCCC. The summed E-state index contributed by atoms with van der Waals surface area (Å²) in [7, 11) is 0. The molecule has 0 bridgehead atoms. The highest BCUT2D eigenvalue weighted by Gasteiger charge is 2.19. The van der Waals surface area contributed by atoms with Crippen LogP contribution >= 0.6 is 0 Å². The van der Waals surface area contributed by atoms with E-state index in [1.165, 1.54) is 193 Å². The van der Waals surface area contributed by atoms with Crippen LogP contribution in [-0.4, -0.2) is 37.2 Å². The largest absolute Gasteiger partial charge is 0.462 e. The molecule has 0 rings (SSSR count). The monoisotopic (exact) mass is 873 g/mol. The number of rotatable bonds is 50. The van der Waals surface area contributed by atoms with Gasteiger partial charge in [0.1, 0.15) is 13.2 Å². The second-order valence-electron chi connectivity index (χ2n) is 18.5. The summed E-state index contributed by atoms with van der Waals surface area (Å²) in [5.41, 5.74) is 0. The lowest BCUT2D eigenvalue weighted by molar-refractivity contribution is -0.167. The molecule has 6 nitrogen and oxygen atoms in total. The van der Waals surface area contributed by atoms with Gasteiger partial charge in [-0.1, -0.05) is 238 Å². The van der Waals surface area contributed by atoms with E-state index in [-0.39, 0.29) is 31.1 Å². The summed E-state index contributed by atoms with van der Waals surface area (Å²) in [4.78, 5) is 38.0. The quantitative estimate of drug-likeness (QED) is 0.0262. The average molecular weight is 873 g/mol. The van der Waals surface area contributed by atoms with E-state index >= 15 is 0 Å². The third-order valence-electron chi connectivity index (χ3n) is 12.2. The first-order valence-electron chi connectivity index (χ1n) is 27.3. The lowest BCUT2D eigenvalue weighted by Crippen LogP contribution is -2.30. The minimum Gasteiger partial charge on any atom is -0.462 e. The van der Waals surface area contributed by atoms with Gasteiger partial charge in [0.05, 0.1) is 0 Å². The molecule has 0 aliphatic heterocycles. The minimum absolute atomic E-state index is 0.0716. The number of unbranched alkanes of at least 4 members (excludes halogenated alkanes) is 35. The molecule has 0 amide bonds. The summed E-state index contributed by atoms with van der Waals surface area (Å²) in [6.45, 7) is 6.61. The molecule has 0 radical (unpaired) electrons. The predicted molar refractivity (Wildman–Crippen MR) is 266 cm³/mol. The molecule has 1 unspecified atom stereocenters. The molecule has 0 fully saturated rings. The van der Waals surface area contributed by atoms with Crippen molar-refractivity contribution in [3.05, 3.63) is 24.3 Å². The number of ether oxygens (including phenoxy) is 3. The molecule has 0 saturated heterocycles. The standard InChI is InChI=1S/C56H104O6/c1-4-7-10-13-16-19-22-24-26-27-28-30-31-34-37-40-43-46-49-55(58)61-52-53(51-60-54(57)48-45-42-39-36-33-21-18-15-12-9-6-3)62-56(59)50-47-44-41-38-35-32-29-25-23-20-17-14-11-8-5-2/h15,18,20,23,53H,4-14,16-17,19,21-22,24-52H2,1-3H3/b18-15-,23-20-. The van der Waals surface area contributed by atoms with Crippen LogP contribution in [0, 0.1) is 0 Å². The first-order chi connectivity index (χ1) is 30.5. The van der Waals surface area contributed by atoms with Gasteiger partial charge in [0, 0.05) is 19.3 Å². The highest BCUT2D eigenvalue weighted by molar-refractivity contribution is 5.71. The number of hydrogen-bond donors (Lipinski definition) is 0. The topological polar surface area (TPSA) is 78.9 Å². The first kappa shape index (κ1) is 59.9. The molecule has 6 heteroatoms. The predicted octanol–water partition coefficient (Wildman–Crippen LogP) is 17.9. The summed E-state index contributed by atoms with van der Waals surface area (Å²) in [5.74, 6) is -0.871. The maximum absolute atomic E-state index is 12.8. The third-order valence-corrected chi connectivity index (χ3v) is 12.2. The smallest absolute Gasteiger partial charge is 0.306 e. The number of hydrogen-bond acceptors (Lipinski definition) is 6. The molecule has 0 heterocycles. The van der Waals surface area contributed by atoms with Crippen LogP contribution < -0.4 is 0 Å². The normalized spacial score (nSPS) is 12.1. The Morgan fingerprint density at radius 2 is 0.548 bits per heavy atom. The molecular formula is C56H104O6. The lowest BCUT2D eigenvalue weighted by atomic mass is 10.0. The van der Waals surface area contributed by atoms with E-state index in [0.29, 0.717) is 19.3 Å². The van der Waals surface area contributed by atoms with Gasteiger partial charge in [-0.25, -0.2) is 0 Å². The molecular weight excluding hydrogens is 769 g/mol. The van der Waals surface area contributed by atoms with Gasteiger partial charge in [-0.3, -0.25) is 14.4 Å². The van der Waals surface area contributed by atoms with Crippen molar-refractivity contribution in [1.82, 2.24) is 0 Å². The van der Waals surface area contributed by atoms with Crippen molar-refractivity contribution in [3.63, 3.8) is 0 Å². The van der Waals surface area contributed by atoms with E-state index in [1.54, 1.807) is 0 Å². The van der Waals surface area contributed by atoms with Crippen LogP contribution in [-0.2, 0) is 28.6 Å². The molecule has 0 aromatic carbocycles. The van der Waals surface area contributed by atoms with E-state index in [2.05, 4.69) is 45.1 Å². The summed E-state index contributed by atoms with van der Waals surface area (Å²) >= 11 is 0. The minimum atomic E-state index is -0.772. The highest BCUT2D eigenvalue weighted by atomic mass is 16.6. The zero-order chi connectivity index (χ0) is 45.1. The Kier molecular flexibility index (Phi) is 49.8. The fraction of sp³-hybridized carbons (Fsp3) is 0.875. The van der Waals surface area contributed by atoms with Crippen LogP contribution in [0.1, 0.15) is 297 Å². The number of esters is 3. The Morgan fingerprint density at radius 1 is 0.306 bits per heavy atom. The molecule has 62 heavy (non-hydrogen) atoms. The van der Waals surface area contributed by atoms with E-state index in [9.17, 15) is 14.4 Å². The zero-order valence-corrected chi connectivity index (χ0v) is 41.7. The van der Waals surface area contributed by atoms with E-state index in [1.807, 2.05) is 0 Å². The molecule has 0 aromatic rings. The second kappa shape index (κ2) is 51.5. The highest BCUT2D eigenvalue weighted by Crippen LogP contribution is 2.16. The Labute approximate surface area is 385 Å². The van der Waals surface area contributed by atoms with Gasteiger partial charge in [0.2, 0.25) is 0 Å². The van der Waals surface area contributed by atoms with Crippen molar-refractivity contribution < 1.29 is 28.6 Å². The first-order valence-corrected chi connectivity index (χ1v) is 27.3. The van der Waals surface area contributed by atoms with Crippen LogP contribution in [0.25, 0.3) is 0 Å². The molecule has 0 spiro atoms. The molecule has 0 saturated carbocycles. The molecule has 0 aliphatic rings.